The van der Waals surface area contributed by atoms with Crippen molar-refractivity contribution < 1.29 is 19.8 Å². The van der Waals surface area contributed by atoms with Gasteiger partial charge >= 0.3 is 11.9 Å². The van der Waals surface area contributed by atoms with Crippen molar-refractivity contribution in [2.45, 2.75) is 6.92 Å². The Balaban J connectivity index is 2.61. The largest absolute Gasteiger partial charge is 0.477 e. The van der Waals surface area contributed by atoms with Gasteiger partial charge in [-0.15, -0.1) is 11.3 Å². The van der Waals surface area contributed by atoms with E-state index in [4.69, 9.17) is 10.2 Å². The third-order valence-corrected chi connectivity index (χ3v) is 3.48. The van der Waals surface area contributed by atoms with Gasteiger partial charge in [0.05, 0.1) is 0 Å². The molecule has 0 saturated heterocycles. The van der Waals surface area contributed by atoms with Crippen molar-refractivity contribution >= 4 is 23.3 Å². The van der Waals surface area contributed by atoms with Crippen LogP contribution in [0.1, 0.15) is 25.7 Å². The summed E-state index contributed by atoms with van der Waals surface area (Å²) in [6.45, 7) is 1.86. The van der Waals surface area contributed by atoms with Crippen molar-refractivity contribution in [3.63, 3.8) is 0 Å². The lowest BCUT2D eigenvalue weighted by atomic mass is 10.1. The fourth-order valence-corrected chi connectivity index (χ4v) is 2.52. The molecule has 0 amide bonds. The molecule has 1 aromatic heterocycles. The van der Waals surface area contributed by atoms with Crippen molar-refractivity contribution in [2.24, 2.45) is 0 Å². The second-order valence-corrected chi connectivity index (χ2v) is 4.62. The molecule has 18 heavy (non-hydrogen) atoms. The van der Waals surface area contributed by atoms with E-state index in [1.165, 1.54) is 0 Å². The Hall–Kier alpha value is -2.21. The highest BCUT2D eigenvalue weighted by Crippen LogP contribution is 2.30. The summed E-state index contributed by atoms with van der Waals surface area (Å²) in [7, 11) is 0. The number of rotatable bonds is 3. The molecule has 0 spiro atoms. The van der Waals surface area contributed by atoms with Gasteiger partial charge in [0, 0.05) is 5.56 Å². The predicted molar refractivity (Wildman–Crippen MR) is 66.2 cm³/mol. The summed E-state index contributed by atoms with van der Waals surface area (Å²) in [5, 5.41) is 18.3. The van der Waals surface area contributed by atoms with Gasteiger partial charge in [0.1, 0.15) is 9.88 Å². The van der Waals surface area contributed by atoms with Gasteiger partial charge in [-0.2, -0.15) is 0 Å². The molecule has 0 saturated carbocycles. The molecule has 0 atom stereocenters. The monoisotopic (exact) mass is 263 g/mol. The zero-order chi connectivity index (χ0) is 13.3. The SMILES string of the molecule is Cc1ccccc1-c1nc(C(=O)O)c(C(=O)O)s1. The Kier molecular flexibility index (Phi) is 3.12. The van der Waals surface area contributed by atoms with Crippen molar-refractivity contribution in [3.05, 3.63) is 40.4 Å². The Morgan fingerprint density at radius 2 is 1.83 bits per heavy atom. The lowest BCUT2D eigenvalue weighted by Crippen LogP contribution is -2.05. The minimum atomic E-state index is -1.33. The number of carboxylic acids is 2. The number of aromatic nitrogens is 1. The smallest absolute Gasteiger partial charge is 0.356 e. The number of nitrogens with zero attached hydrogens (tertiary/aromatic N) is 1. The van der Waals surface area contributed by atoms with Crippen LogP contribution in [0.5, 0.6) is 0 Å². The molecule has 0 fully saturated rings. The average molecular weight is 263 g/mol. The molecule has 0 aliphatic carbocycles. The van der Waals surface area contributed by atoms with Gasteiger partial charge < -0.3 is 10.2 Å². The highest BCUT2D eigenvalue weighted by molar-refractivity contribution is 7.17. The zero-order valence-corrected chi connectivity index (χ0v) is 10.2. The first-order valence-electron chi connectivity index (χ1n) is 5.04. The van der Waals surface area contributed by atoms with E-state index in [9.17, 15) is 9.59 Å². The first-order chi connectivity index (χ1) is 8.50. The summed E-state index contributed by atoms with van der Waals surface area (Å²) < 4.78 is 0. The molecule has 0 unspecified atom stereocenters. The summed E-state index contributed by atoms with van der Waals surface area (Å²) in [6, 6.07) is 7.29. The third-order valence-electron chi connectivity index (χ3n) is 2.40. The summed E-state index contributed by atoms with van der Waals surface area (Å²) in [4.78, 5) is 25.6. The summed E-state index contributed by atoms with van der Waals surface area (Å²) >= 11 is 0.872. The third kappa shape index (κ3) is 2.10. The Labute approximate surface area is 106 Å². The van der Waals surface area contributed by atoms with E-state index < -0.39 is 17.6 Å². The van der Waals surface area contributed by atoms with Gasteiger partial charge in [0.2, 0.25) is 0 Å². The molecule has 2 rings (SSSR count). The van der Waals surface area contributed by atoms with Crippen LogP contribution in [0.25, 0.3) is 10.6 Å². The van der Waals surface area contributed by atoms with Crippen LogP contribution < -0.4 is 0 Å². The van der Waals surface area contributed by atoms with Crippen LogP contribution in [0.15, 0.2) is 24.3 Å². The molecule has 0 bridgehead atoms. The van der Waals surface area contributed by atoms with E-state index in [0.29, 0.717) is 5.01 Å². The fraction of sp³-hybridized carbons (Fsp3) is 0.0833. The molecule has 0 radical (unpaired) electrons. The molecule has 1 heterocycles. The highest BCUT2D eigenvalue weighted by atomic mass is 32.1. The van der Waals surface area contributed by atoms with Gasteiger partial charge in [-0.1, -0.05) is 24.3 Å². The van der Waals surface area contributed by atoms with Crippen LogP contribution in [-0.4, -0.2) is 27.1 Å². The van der Waals surface area contributed by atoms with Gasteiger partial charge in [-0.05, 0) is 12.5 Å². The normalized spacial score (nSPS) is 10.3. The number of hydrogen-bond donors (Lipinski definition) is 2. The molecular weight excluding hydrogens is 254 g/mol. The minimum absolute atomic E-state index is 0.249. The zero-order valence-electron chi connectivity index (χ0n) is 9.38. The first kappa shape index (κ1) is 12.3. The van der Waals surface area contributed by atoms with E-state index >= 15 is 0 Å². The molecule has 1 aromatic carbocycles. The quantitative estimate of drug-likeness (QED) is 0.888. The van der Waals surface area contributed by atoms with Crippen molar-refractivity contribution in [3.8, 4) is 10.6 Å². The lowest BCUT2D eigenvalue weighted by Gasteiger charge is -1.99. The van der Waals surface area contributed by atoms with Crippen LogP contribution in [0.4, 0.5) is 0 Å². The molecule has 2 N–H and O–H groups in total. The van der Waals surface area contributed by atoms with Gasteiger partial charge in [-0.25, -0.2) is 14.6 Å². The Morgan fingerprint density at radius 1 is 1.17 bits per heavy atom. The number of aromatic carboxylic acids is 2. The molecule has 0 aliphatic heterocycles. The molecule has 5 nitrogen and oxygen atoms in total. The maximum Gasteiger partial charge on any atom is 0.356 e. The van der Waals surface area contributed by atoms with Gasteiger partial charge in [0.25, 0.3) is 0 Å². The van der Waals surface area contributed by atoms with E-state index in [-0.39, 0.29) is 4.88 Å². The van der Waals surface area contributed by atoms with E-state index in [0.717, 1.165) is 22.5 Å². The van der Waals surface area contributed by atoms with E-state index in [1.807, 2.05) is 19.1 Å². The maximum atomic E-state index is 11.0. The van der Waals surface area contributed by atoms with Crippen molar-refractivity contribution in [1.82, 2.24) is 4.98 Å². The average Bonchev–Trinajstić information content (AvgIpc) is 2.74. The topological polar surface area (TPSA) is 87.5 Å². The minimum Gasteiger partial charge on any atom is -0.477 e. The van der Waals surface area contributed by atoms with Crippen LogP contribution in [0.3, 0.4) is 0 Å². The molecule has 6 heteroatoms. The first-order valence-corrected chi connectivity index (χ1v) is 5.85. The standard InChI is InChI=1S/C12H9NO4S/c1-6-4-2-3-5-7(6)10-13-8(11(14)15)9(18-10)12(16)17/h2-5H,1H3,(H,14,15)(H,16,17). The van der Waals surface area contributed by atoms with Crippen LogP contribution in [-0.2, 0) is 0 Å². The van der Waals surface area contributed by atoms with Crippen LogP contribution in [0.2, 0.25) is 0 Å². The van der Waals surface area contributed by atoms with Crippen molar-refractivity contribution in [2.75, 3.05) is 0 Å². The number of benzene rings is 1. The van der Waals surface area contributed by atoms with E-state index in [2.05, 4.69) is 4.98 Å². The Bertz CT molecular complexity index is 601. The summed E-state index contributed by atoms with van der Waals surface area (Å²) in [5.74, 6) is -2.60. The van der Waals surface area contributed by atoms with Gasteiger partial charge in [-0.3, -0.25) is 0 Å². The van der Waals surface area contributed by atoms with Crippen LogP contribution >= 0.6 is 11.3 Å². The highest BCUT2D eigenvalue weighted by Gasteiger charge is 2.23. The lowest BCUT2D eigenvalue weighted by molar-refractivity contribution is 0.0651. The number of aryl methyl sites for hydroxylation is 1. The summed E-state index contributed by atoms with van der Waals surface area (Å²) in [5.41, 5.74) is 1.25. The van der Waals surface area contributed by atoms with Crippen molar-refractivity contribution in [1.29, 1.82) is 0 Å². The second-order valence-electron chi connectivity index (χ2n) is 3.62. The summed E-state index contributed by atoms with van der Waals surface area (Å²) in [6.07, 6.45) is 0. The fourth-order valence-electron chi connectivity index (χ4n) is 1.54. The predicted octanol–water partition coefficient (Wildman–Crippen LogP) is 2.51. The Morgan fingerprint density at radius 3 is 2.33 bits per heavy atom. The molecule has 2 aromatic rings. The maximum absolute atomic E-state index is 11.0. The number of carbonyl (C=O) groups is 2. The number of hydrogen-bond acceptors (Lipinski definition) is 4. The molecular formula is C12H9NO4S. The molecule has 92 valence electrons. The number of thiazole rings is 1. The second kappa shape index (κ2) is 4.58. The van der Waals surface area contributed by atoms with E-state index in [1.54, 1.807) is 12.1 Å². The number of carboxylic acid groups (broad SMARTS) is 2. The van der Waals surface area contributed by atoms with Crippen LogP contribution in [0, 0.1) is 6.92 Å². The molecule has 0 aliphatic rings. The van der Waals surface area contributed by atoms with Gasteiger partial charge in [0.15, 0.2) is 5.69 Å².